The van der Waals surface area contributed by atoms with Gasteiger partial charge >= 0.3 is 0 Å². The average molecular weight is 156 g/mol. The maximum atomic E-state index is 8.94. The highest BCUT2D eigenvalue weighted by Gasteiger charge is 2.05. The molecule has 0 radical (unpaired) electrons. The Morgan fingerprint density at radius 2 is 2.09 bits per heavy atom. The molecule has 2 nitrogen and oxygen atoms in total. The molecule has 0 bridgehead atoms. The van der Waals surface area contributed by atoms with E-state index >= 15 is 0 Å². The van der Waals surface area contributed by atoms with Crippen LogP contribution in [0.3, 0.4) is 0 Å². The Kier molecular flexibility index (Phi) is 4.42. The van der Waals surface area contributed by atoms with Crippen LogP contribution in [-0.2, 0) is 4.74 Å². The van der Waals surface area contributed by atoms with Gasteiger partial charge in [0.1, 0.15) is 0 Å². The fraction of sp³-hybridized carbons (Fsp3) is 0.556. The molecule has 1 N–H and O–H groups in total. The molecule has 0 aliphatic heterocycles. The zero-order valence-corrected chi connectivity index (χ0v) is 7.26. The van der Waals surface area contributed by atoms with E-state index in [-0.39, 0.29) is 11.7 Å². The molecule has 0 saturated carbocycles. The van der Waals surface area contributed by atoms with Crippen LogP contribution < -0.4 is 0 Å². The van der Waals surface area contributed by atoms with Crippen LogP contribution in [0.5, 0.6) is 0 Å². The predicted molar refractivity (Wildman–Crippen MR) is 46.3 cm³/mol. The highest BCUT2D eigenvalue weighted by Crippen LogP contribution is 2.15. The molecule has 0 heterocycles. The zero-order chi connectivity index (χ0) is 8.85. The van der Waals surface area contributed by atoms with Crippen LogP contribution >= 0.6 is 0 Å². The number of ether oxygens (including phenoxy) is 1. The number of hydrogen-bond acceptors (Lipinski definition) is 2. The third-order valence-electron chi connectivity index (χ3n) is 1.71. The Morgan fingerprint density at radius 1 is 1.55 bits per heavy atom. The largest absolute Gasteiger partial charge is 0.513 e. The third-order valence-corrected chi connectivity index (χ3v) is 1.71. The molecule has 2 heteroatoms. The molecule has 0 aliphatic rings. The normalized spacial score (nSPS) is 12.2. The van der Waals surface area contributed by atoms with E-state index in [1.165, 1.54) is 0 Å². The summed E-state index contributed by atoms with van der Waals surface area (Å²) in [6.45, 7) is 9.04. The van der Waals surface area contributed by atoms with Crippen molar-refractivity contribution in [1.82, 2.24) is 0 Å². The molecule has 0 aromatic carbocycles. The Hall–Kier alpha value is -0.920. The third kappa shape index (κ3) is 4.48. The van der Waals surface area contributed by atoms with Crippen molar-refractivity contribution in [3.8, 4) is 0 Å². The number of aliphatic hydroxyl groups excluding tert-OH is 1. The van der Waals surface area contributed by atoms with Crippen molar-refractivity contribution in [2.45, 2.75) is 19.8 Å². The van der Waals surface area contributed by atoms with E-state index in [1.807, 2.05) is 6.92 Å². The van der Waals surface area contributed by atoms with Crippen molar-refractivity contribution in [3.05, 3.63) is 24.7 Å². The van der Waals surface area contributed by atoms with Crippen LogP contribution in [-0.4, -0.2) is 12.2 Å². The number of aliphatic hydroxyl groups is 1. The first kappa shape index (κ1) is 10.1. The zero-order valence-electron chi connectivity index (χ0n) is 7.26. The quantitative estimate of drug-likeness (QED) is 0.620. The molecule has 0 rings (SSSR count). The Bertz CT molecular complexity index is 150. The second-order valence-electron chi connectivity index (χ2n) is 2.67. The summed E-state index contributed by atoms with van der Waals surface area (Å²) in [5, 5.41) is 8.94. The van der Waals surface area contributed by atoms with Crippen molar-refractivity contribution < 1.29 is 9.84 Å². The van der Waals surface area contributed by atoms with Gasteiger partial charge in [0.2, 0.25) is 0 Å². The highest BCUT2D eigenvalue weighted by molar-refractivity contribution is 4.89. The summed E-state index contributed by atoms with van der Waals surface area (Å²) < 4.78 is 4.87. The van der Waals surface area contributed by atoms with E-state index < -0.39 is 0 Å². The van der Waals surface area contributed by atoms with E-state index in [0.29, 0.717) is 0 Å². The Morgan fingerprint density at radius 3 is 2.45 bits per heavy atom. The van der Waals surface area contributed by atoms with Gasteiger partial charge in [0, 0.05) is 12.3 Å². The summed E-state index contributed by atoms with van der Waals surface area (Å²) in [5.74, 6) is 1.11. The second-order valence-corrected chi connectivity index (χ2v) is 2.67. The monoisotopic (exact) mass is 156 g/mol. The van der Waals surface area contributed by atoms with Crippen LogP contribution in [0.4, 0.5) is 0 Å². The minimum atomic E-state index is 0.127. The van der Waals surface area contributed by atoms with Gasteiger partial charge in [0.25, 0.3) is 0 Å². The van der Waals surface area contributed by atoms with Crippen LogP contribution in [0.2, 0.25) is 0 Å². The first-order valence-electron chi connectivity index (χ1n) is 3.67. The molecule has 0 spiro atoms. The molecule has 0 aliphatic carbocycles. The lowest BCUT2D eigenvalue weighted by atomic mass is 10.0. The van der Waals surface area contributed by atoms with Crippen molar-refractivity contribution in [1.29, 1.82) is 0 Å². The molecule has 0 saturated heterocycles. The van der Waals surface area contributed by atoms with E-state index in [4.69, 9.17) is 9.84 Å². The number of methoxy groups -OCH3 is 1. The van der Waals surface area contributed by atoms with Crippen LogP contribution in [0.25, 0.3) is 0 Å². The van der Waals surface area contributed by atoms with Crippen molar-refractivity contribution in [2.75, 3.05) is 7.11 Å². The van der Waals surface area contributed by atoms with Gasteiger partial charge in [0.05, 0.1) is 18.6 Å². The van der Waals surface area contributed by atoms with Gasteiger partial charge in [-0.3, -0.25) is 0 Å². The Labute approximate surface area is 68.2 Å². The van der Waals surface area contributed by atoms with E-state index in [2.05, 4.69) is 13.2 Å². The van der Waals surface area contributed by atoms with Crippen LogP contribution in [0.1, 0.15) is 19.8 Å². The van der Waals surface area contributed by atoms with E-state index in [9.17, 15) is 0 Å². The van der Waals surface area contributed by atoms with Gasteiger partial charge in [-0.2, -0.15) is 0 Å². The predicted octanol–water partition coefficient (Wildman–Crippen LogP) is 2.63. The number of rotatable bonds is 5. The second kappa shape index (κ2) is 4.83. The first-order valence-corrected chi connectivity index (χ1v) is 3.67. The first-order chi connectivity index (χ1) is 5.07. The summed E-state index contributed by atoms with van der Waals surface area (Å²) in [6.07, 6.45) is 1.61. The molecule has 0 amide bonds. The molecule has 0 aromatic rings. The molecule has 11 heavy (non-hydrogen) atoms. The average Bonchev–Trinajstić information content (AvgIpc) is 1.99. The minimum Gasteiger partial charge on any atom is -0.513 e. The molecule has 0 aromatic heterocycles. The van der Waals surface area contributed by atoms with E-state index in [0.717, 1.165) is 18.6 Å². The maximum Gasteiger partial charge on any atom is 0.0884 e. The lowest BCUT2D eigenvalue weighted by Gasteiger charge is -2.09. The summed E-state index contributed by atoms with van der Waals surface area (Å²) in [4.78, 5) is 0. The summed E-state index contributed by atoms with van der Waals surface area (Å²) in [7, 11) is 1.60. The summed E-state index contributed by atoms with van der Waals surface area (Å²) in [6, 6.07) is 0. The summed E-state index contributed by atoms with van der Waals surface area (Å²) in [5.41, 5.74) is 0. The molecular formula is C9H16O2. The van der Waals surface area contributed by atoms with Gasteiger partial charge < -0.3 is 9.84 Å². The lowest BCUT2D eigenvalue weighted by Crippen LogP contribution is -1.98. The van der Waals surface area contributed by atoms with Crippen LogP contribution in [0.15, 0.2) is 24.7 Å². The molecule has 1 atom stereocenters. The van der Waals surface area contributed by atoms with Gasteiger partial charge in [-0.05, 0) is 6.42 Å². The standard InChI is InChI=1S/C9H16O2/c1-7(9(3)10)5-6-8(2)11-4/h7,10H,2-3,5-6H2,1,4H3. The van der Waals surface area contributed by atoms with Gasteiger partial charge in [-0.1, -0.05) is 20.1 Å². The van der Waals surface area contributed by atoms with Gasteiger partial charge in [-0.25, -0.2) is 0 Å². The van der Waals surface area contributed by atoms with Crippen molar-refractivity contribution >= 4 is 0 Å². The maximum absolute atomic E-state index is 8.94. The van der Waals surface area contributed by atoms with Gasteiger partial charge in [-0.15, -0.1) is 0 Å². The van der Waals surface area contributed by atoms with Crippen molar-refractivity contribution in [3.63, 3.8) is 0 Å². The van der Waals surface area contributed by atoms with E-state index in [1.54, 1.807) is 7.11 Å². The number of allylic oxidation sites excluding steroid dienone is 2. The smallest absolute Gasteiger partial charge is 0.0884 e. The SMILES string of the molecule is C=C(CCC(C)C(=C)O)OC. The molecular weight excluding hydrogens is 140 g/mol. The molecule has 1 unspecified atom stereocenters. The topological polar surface area (TPSA) is 29.5 Å². The van der Waals surface area contributed by atoms with Crippen LogP contribution in [0, 0.1) is 5.92 Å². The molecule has 0 fully saturated rings. The van der Waals surface area contributed by atoms with Crippen molar-refractivity contribution in [2.24, 2.45) is 5.92 Å². The fourth-order valence-electron chi connectivity index (χ4n) is 0.646. The molecule has 64 valence electrons. The fourth-order valence-corrected chi connectivity index (χ4v) is 0.646. The lowest BCUT2D eigenvalue weighted by molar-refractivity contribution is 0.264. The minimum absolute atomic E-state index is 0.127. The summed E-state index contributed by atoms with van der Waals surface area (Å²) >= 11 is 0. The Balaban J connectivity index is 3.54. The highest BCUT2D eigenvalue weighted by atomic mass is 16.5. The van der Waals surface area contributed by atoms with Gasteiger partial charge in [0.15, 0.2) is 0 Å². The number of hydrogen-bond donors (Lipinski definition) is 1.